The Morgan fingerprint density at radius 1 is 0.800 bits per heavy atom. The second-order valence-corrected chi connectivity index (χ2v) is 8.97. The number of aliphatic hydroxyl groups excluding tert-OH is 2. The second kappa shape index (κ2) is 9.02. The smallest absolute Gasteiger partial charge is 0.123 e. The Morgan fingerprint density at radius 3 is 1.52 bits per heavy atom. The minimum absolute atomic E-state index is 0.138. The monoisotopic (exact) mass is 351 g/mol. The molecule has 144 valence electrons. The third-order valence-corrected chi connectivity index (χ3v) is 4.46. The molecule has 0 aromatic heterocycles. The standard InChI is InChI=1S/C21H37NO3/c1-20(2,3)17-13-16(14-18(19(17)25)21(4,5)6)15-22(9-7-11-23)10-8-12-24/h13-14,23-25H,7-12,15H2,1-6H3. The molecule has 0 aliphatic heterocycles. The molecule has 0 saturated heterocycles. The molecule has 25 heavy (non-hydrogen) atoms. The zero-order valence-electron chi connectivity index (χ0n) is 16.9. The molecule has 0 amide bonds. The van der Waals surface area contributed by atoms with E-state index in [1.165, 1.54) is 5.56 Å². The lowest BCUT2D eigenvalue weighted by molar-refractivity contribution is 0.196. The van der Waals surface area contributed by atoms with Crippen LogP contribution >= 0.6 is 0 Å². The van der Waals surface area contributed by atoms with Crippen LogP contribution < -0.4 is 0 Å². The fraction of sp³-hybridized carbons (Fsp3) is 0.714. The third kappa shape index (κ3) is 6.61. The predicted octanol–water partition coefficient (Wildman–Crippen LogP) is 3.55. The second-order valence-electron chi connectivity index (χ2n) is 8.97. The van der Waals surface area contributed by atoms with E-state index in [0.29, 0.717) is 5.75 Å². The summed E-state index contributed by atoms with van der Waals surface area (Å²) < 4.78 is 0. The third-order valence-electron chi connectivity index (χ3n) is 4.46. The highest BCUT2D eigenvalue weighted by Crippen LogP contribution is 2.40. The van der Waals surface area contributed by atoms with E-state index >= 15 is 0 Å². The molecule has 1 rings (SSSR count). The number of phenols is 1. The molecule has 0 fully saturated rings. The van der Waals surface area contributed by atoms with Gasteiger partial charge < -0.3 is 15.3 Å². The molecular weight excluding hydrogens is 314 g/mol. The van der Waals surface area contributed by atoms with Gasteiger partial charge in [0.2, 0.25) is 0 Å². The van der Waals surface area contributed by atoms with Crippen LogP contribution in [0.3, 0.4) is 0 Å². The van der Waals surface area contributed by atoms with Crippen LogP contribution in [0.1, 0.15) is 71.1 Å². The number of aromatic hydroxyl groups is 1. The quantitative estimate of drug-likeness (QED) is 0.670. The highest BCUT2D eigenvalue weighted by atomic mass is 16.3. The van der Waals surface area contributed by atoms with Crippen molar-refractivity contribution in [3.8, 4) is 5.75 Å². The Balaban J connectivity index is 3.24. The van der Waals surface area contributed by atoms with E-state index < -0.39 is 0 Å². The number of nitrogens with zero attached hydrogens (tertiary/aromatic N) is 1. The van der Waals surface area contributed by atoms with Gasteiger partial charge in [0.25, 0.3) is 0 Å². The van der Waals surface area contributed by atoms with Crippen LogP contribution in [0.4, 0.5) is 0 Å². The summed E-state index contributed by atoms with van der Waals surface area (Å²) in [5, 5.41) is 29.1. The molecule has 0 heterocycles. The van der Waals surface area contributed by atoms with Crippen molar-refractivity contribution >= 4 is 0 Å². The topological polar surface area (TPSA) is 63.9 Å². The molecule has 0 spiro atoms. The van der Waals surface area contributed by atoms with Gasteiger partial charge in [-0.15, -0.1) is 0 Å². The van der Waals surface area contributed by atoms with E-state index in [9.17, 15) is 5.11 Å². The van der Waals surface area contributed by atoms with Gasteiger partial charge in [-0.25, -0.2) is 0 Å². The Bertz CT molecular complexity index is 498. The summed E-state index contributed by atoms with van der Waals surface area (Å²) in [5.41, 5.74) is 2.84. The molecular formula is C21H37NO3. The van der Waals surface area contributed by atoms with Gasteiger partial charge in [-0.3, -0.25) is 4.90 Å². The predicted molar refractivity (Wildman–Crippen MR) is 104 cm³/mol. The number of hydrogen-bond donors (Lipinski definition) is 3. The van der Waals surface area contributed by atoms with Crippen molar-refractivity contribution in [1.29, 1.82) is 0 Å². The summed E-state index contributed by atoms with van der Waals surface area (Å²) in [6.45, 7) is 15.4. The molecule has 0 aliphatic carbocycles. The van der Waals surface area contributed by atoms with Gasteiger partial charge in [0, 0.05) is 32.8 Å². The van der Waals surface area contributed by atoms with Crippen LogP contribution in [0.25, 0.3) is 0 Å². The average Bonchev–Trinajstić information content (AvgIpc) is 2.49. The largest absolute Gasteiger partial charge is 0.507 e. The number of phenolic OH excluding ortho intramolecular Hbond substituents is 1. The molecule has 0 radical (unpaired) electrons. The lowest BCUT2D eigenvalue weighted by atomic mass is 9.78. The van der Waals surface area contributed by atoms with Crippen LogP contribution in [0.2, 0.25) is 0 Å². The maximum Gasteiger partial charge on any atom is 0.123 e. The number of benzene rings is 1. The lowest BCUT2D eigenvalue weighted by Crippen LogP contribution is -2.27. The zero-order chi connectivity index (χ0) is 19.3. The first-order valence-electron chi connectivity index (χ1n) is 9.31. The zero-order valence-corrected chi connectivity index (χ0v) is 16.9. The van der Waals surface area contributed by atoms with Gasteiger partial charge in [0.15, 0.2) is 0 Å². The van der Waals surface area contributed by atoms with E-state index in [2.05, 4.69) is 58.6 Å². The maximum atomic E-state index is 10.8. The van der Waals surface area contributed by atoms with Crippen molar-refractivity contribution in [3.05, 3.63) is 28.8 Å². The van der Waals surface area contributed by atoms with Crippen LogP contribution in [0.15, 0.2) is 12.1 Å². The summed E-state index contributed by atoms with van der Waals surface area (Å²) in [4.78, 5) is 2.26. The van der Waals surface area contributed by atoms with E-state index in [-0.39, 0.29) is 24.0 Å². The molecule has 3 N–H and O–H groups in total. The van der Waals surface area contributed by atoms with Gasteiger partial charge >= 0.3 is 0 Å². The van der Waals surface area contributed by atoms with Gasteiger partial charge in [0.05, 0.1) is 0 Å². The maximum absolute atomic E-state index is 10.8. The molecule has 1 aromatic carbocycles. The van der Waals surface area contributed by atoms with E-state index in [1.54, 1.807) is 0 Å². The van der Waals surface area contributed by atoms with E-state index in [1.807, 2.05) is 0 Å². The molecule has 0 atom stereocenters. The molecule has 0 aliphatic rings. The number of aliphatic hydroxyl groups is 2. The summed E-state index contributed by atoms with van der Waals surface area (Å²) in [6, 6.07) is 4.21. The van der Waals surface area contributed by atoms with Gasteiger partial charge in [-0.05, 0) is 40.4 Å². The van der Waals surface area contributed by atoms with Gasteiger partial charge in [-0.1, -0.05) is 53.7 Å². The van der Waals surface area contributed by atoms with Crippen LogP contribution in [-0.2, 0) is 17.4 Å². The molecule has 1 aromatic rings. The first-order valence-corrected chi connectivity index (χ1v) is 9.31. The molecule has 0 unspecified atom stereocenters. The Morgan fingerprint density at radius 2 is 1.20 bits per heavy atom. The Labute approximate surface area is 153 Å². The lowest BCUT2D eigenvalue weighted by Gasteiger charge is -2.29. The summed E-state index contributed by atoms with van der Waals surface area (Å²) >= 11 is 0. The highest BCUT2D eigenvalue weighted by molar-refractivity contribution is 5.49. The Kier molecular flexibility index (Phi) is 7.91. The van der Waals surface area contributed by atoms with Crippen molar-refractivity contribution in [2.75, 3.05) is 26.3 Å². The number of rotatable bonds is 8. The van der Waals surface area contributed by atoms with Crippen molar-refractivity contribution in [3.63, 3.8) is 0 Å². The van der Waals surface area contributed by atoms with Crippen molar-refractivity contribution < 1.29 is 15.3 Å². The Hall–Kier alpha value is -1.10. The summed E-state index contributed by atoms with van der Waals surface area (Å²) in [5.74, 6) is 0.404. The normalized spacial score (nSPS) is 12.8. The fourth-order valence-corrected chi connectivity index (χ4v) is 3.05. The average molecular weight is 352 g/mol. The van der Waals surface area contributed by atoms with Crippen LogP contribution in [0.5, 0.6) is 5.75 Å². The SMILES string of the molecule is CC(C)(C)c1cc(CN(CCCO)CCCO)cc(C(C)(C)C)c1O. The molecule has 4 nitrogen and oxygen atoms in total. The molecule has 0 bridgehead atoms. The van der Waals surface area contributed by atoms with E-state index in [4.69, 9.17) is 10.2 Å². The van der Waals surface area contributed by atoms with E-state index in [0.717, 1.165) is 43.6 Å². The summed E-state index contributed by atoms with van der Waals surface area (Å²) in [7, 11) is 0. The summed E-state index contributed by atoms with van der Waals surface area (Å²) in [6.07, 6.45) is 1.45. The first-order chi connectivity index (χ1) is 11.5. The first kappa shape index (κ1) is 21.9. The van der Waals surface area contributed by atoms with Gasteiger partial charge in [0.1, 0.15) is 5.75 Å². The van der Waals surface area contributed by atoms with Crippen LogP contribution in [-0.4, -0.2) is 46.5 Å². The minimum atomic E-state index is -0.138. The molecule has 0 saturated carbocycles. The minimum Gasteiger partial charge on any atom is -0.507 e. The van der Waals surface area contributed by atoms with Crippen molar-refractivity contribution in [1.82, 2.24) is 4.90 Å². The van der Waals surface area contributed by atoms with Crippen molar-refractivity contribution in [2.45, 2.75) is 71.8 Å². The highest BCUT2D eigenvalue weighted by Gasteiger charge is 2.26. The van der Waals surface area contributed by atoms with Crippen molar-refractivity contribution in [2.24, 2.45) is 0 Å². The van der Waals surface area contributed by atoms with Crippen LogP contribution in [0, 0.1) is 0 Å². The molecule has 4 heteroatoms. The van der Waals surface area contributed by atoms with Gasteiger partial charge in [-0.2, -0.15) is 0 Å². The fourth-order valence-electron chi connectivity index (χ4n) is 3.05. The number of hydrogen-bond acceptors (Lipinski definition) is 4.